The fourth-order valence-electron chi connectivity index (χ4n) is 5.02. The number of amides is 1. The van der Waals surface area contributed by atoms with E-state index in [-0.39, 0.29) is 23.8 Å². The number of nitrogens with two attached hydrogens (primary N) is 1. The molecule has 2 fully saturated rings. The smallest absolute Gasteiger partial charge is 0.369 e. The van der Waals surface area contributed by atoms with Crippen LogP contribution < -0.4 is 11.1 Å². The average Bonchev–Trinajstić information content (AvgIpc) is 3.12. The fraction of sp³-hybridized carbons (Fsp3) is 0.611. The Kier molecular flexibility index (Phi) is 4.36. The highest BCUT2D eigenvalue weighted by Crippen LogP contribution is 2.53. The van der Waals surface area contributed by atoms with Crippen molar-refractivity contribution in [3.8, 4) is 0 Å². The summed E-state index contributed by atoms with van der Waals surface area (Å²) in [5, 5.41) is 3.31. The van der Waals surface area contributed by atoms with E-state index in [2.05, 4.69) is 5.32 Å². The Morgan fingerprint density at radius 3 is 2.46 bits per heavy atom. The molecule has 3 nitrogen and oxygen atoms in total. The predicted molar refractivity (Wildman–Crippen MR) is 85.2 cm³/mol. The third-order valence-corrected chi connectivity index (χ3v) is 6.10. The van der Waals surface area contributed by atoms with Gasteiger partial charge in [0.25, 0.3) is 0 Å². The van der Waals surface area contributed by atoms with E-state index in [1.165, 1.54) is 12.1 Å². The molecule has 24 heavy (non-hydrogen) atoms. The van der Waals surface area contributed by atoms with Crippen LogP contribution in [0.2, 0.25) is 0 Å². The molecule has 4 atom stereocenters. The normalized spacial score (nSPS) is 29.2. The third kappa shape index (κ3) is 2.51. The first-order chi connectivity index (χ1) is 11.3. The number of hydrogen-bond donors (Lipinski definition) is 2. The molecule has 1 aliphatic heterocycles. The van der Waals surface area contributed by atoms with Crippen molar-refractivity contribution < 1.29 is 18.0 Å². The molecule has 0 spiro atoms. The highest BCUT2D eigenvalue weighted by Gasteiger charge is 2.55. The molecule has 4 unspecified atom stereocenters. The molecule has 1 amide bonds. The van der Waals surface area contributed by atoms with E-state index in [9.17, 15) is 18.0 Å². The van der Waals surface area contributed by atoms with E-state index < -0.39 is 23.1 Å². The SMILES string of the molecule is CCC(C(N)=O)(c1ccccc1C(F)(F)F)C1CCC2CNCC21. The van der Waals surface area contributed by atoms with Crippen LogP contribution in [0.1, 0.15) is 37.3 Å². The van der Waals surface area contributed by atoms with Crippen LogP contribution in [-0.2, 0) is 16.4 Å². The second-order valence-corrected chi connectivity index (χ2v) is 7.00. The molecular formula is C18H23F3N2O. The molecule has 3 rings (SSSR count). The van der Waals surface area contributed by atoms with Crippen LogP contribution in [0.4, 0.5) is 13.2 Å². The van der Waals surface area contributed by atoms with E-state index in [0.717, 1.165) is 32.0 Å². The Bertz CT molecular complexity index is 631. The molecule has 1 aliphatic carbocycles. The molecule has 6 heteroatoms. The molecule has 0 bridgehead atoms. The monoisotopic (exact) mass is 340 g/mol. The van der Waals surface area contributed by atoms with Crippen LogP contribution in [0.15, 0.2) is 24.3 Å². The number of nitrogens with one attached hydrogen (secondary N) is 1. The Balaban J connectivity index is 2.16. The van der Waals surface area contributed by atoms with Crippen LogP contribution in [0.3, 0.4) is 0 Å². The van der Waals surface area contributed by atoms with Crippen LogP contribution >= 0.6 is 0 Å². The standard InChI is InChI=1S/C18H23F3N2O/c1-2-17(16(22)24,13-8-7-11-9-23-10-12(11)13)14-5-3-4-6-15(14)18(19,20)21/h3-6,11-13,23H,2,7-10H2,1H3,(H2,22,24). The first kappa shape index (κ1) is 17.3. The predicted octanol–water partition coefficient (Wildman–Crippen LogP) is 3.08. The van der Waals surface area contributed by atoms with Gasteiger partial charge in [-0.3, -0.25) is 4.79 Å². The molecule has 1 aromatic carbocycles. The van der Waals surface area contributed by atoms with Gasteiger partial charge in [0, 0.05) is 0 Å². The Labute approximate surface area is 139 Å². The Hall–Kier alpha value is -1.56. The van der Waals surface area contributed by atoms with Gasteiger partial charge >= 0.3 is 6.18 Å². The van der Waals surface area contributed by atoms with E-state index in [1.54, 1.807) is 13.0 Å². The highest BCUT2D eigenvalue weighted by molar-refractivity contribution is 5.88. The maximum Gasteiger partial charge on any atom is 0.416 e. The summed E-state index contributed by atoms with van der Waals surface area (Å²) in [5.41, 5.74) is 3.81. The van der Waals surface area contributed by atoms with Crippen molar-refractivity contribution in [1.82, 2.24) is 5.32 Å². The zero-order valence-corrected chi connectivity index (χ0v) is 13.7. The van der Waals surface area contributed by atoms with Crippen molar-refractivity contribution in [2.24, 2.45) is 23.5 Å². The van der Waals surface area contributed by atoms with Gasteiger partial charge in [-0.25, -0.2) is 0 Å². The maximum atomic E-state index is 13.6. The lowest BCUT2D eigenvalue weighted by atomic mass is 9.62. The lowest BCUT2D eigenvalue weighted by Crippen LogP contribution is -2.50. The molecule has 1 heterocycles. The summed E-state index contributed by atoms with van der Waals surface area (Å²) in [6.07, 6.45) is -2.53. The number of alkyl halides is 3. The van der Waals surface area contributed by atoms with E-state index in [1.807, 2.05) is 0 Å². The van der Waals surface area contributed by atoms with Crippen molar-refractivity contribution in [3.63, 3.8) is 0 Å². The lowest BCUT2D eigenvalue weighted by Gasteiger charge is -2.40. The largest absolute Gasteiger partial charge is 0.416 e. The molecular weight excluding hydrogens is 317 g/mol. The molecule has 0 aromatic heterocycles. The number of hydrogen-bond acceptors (Lipinski definition) is 2. The van der Waals surface area contributed by atoms with Crippen LogP contribution in [-0.4, -0.2) is 19.0 Å². The van der Waals surface area contributed by atoms with Crippen molar-refractivity contribution in [2.45, 2.75) is 37.8 Å². The van der Waals surface area contributed by atoms with Crippen molar-refractivity contribution in [2.75, 3.05) is 13.1 Å². The lowest BCUT2D eigenvalue weighted by molar-refractivity contribution is -0.140. The molecule has 0 radical (unpaired) electrons. The number of fused-ring (bicyclic) bond motifs is 1. The molecule has 3 N–H and O–H groups in total. The maximum absolute atomic E-state index is 13.6. The summed E-state index contributed by atoms with van der Waals surface area (Å²) in [6.45, 7) is 3.40. The van der Waals surface area contributed by atoms with Gasteiger partial charge in [-0.1, -0.05) is 25.1 Å². The van der Waals surface area contributed by atoms with Gasteiger partial charge in [-0.15, -0.1) is 0 Å². The van der Waals surface area contributed by atoms with Gasteiger partial charge in [0.1, 0.15) is 0 Å². The van der Waals surface area contributed by atoms with Crippen LogP contribution in [0.25, 0.3) is 0 Å². The second kappa shape index (κ2) is 6.06. The summed E-state index contributed by atoms with van der Waals surface area (Å²) >= 11 is 0. The topological polar surface area (TPSA) is 55.1 Å². The number of benzene rings is 1. The van der Waals surface area contributed by atoms with E-state index in [0.29, 0.717) is 5.92 Å². The van der Waals surface area contributed by atoms with Crippen LogP contribution in [0, 0.1) is 17.8 Å². The third-order valence-electron chi connectivity index (χ3n) is 6.10. The molecule has 1 aromatic rings. The number of primary amides is 1. The summed E-state index contributed by atoms with van der Waals surface area (Å²) in [6, 6.07) is 5.42. The van der Waals surface area contributed by atoms with Crippen molar-refractivity contribution >= 4 is 5.91 Å². The first-order valence-electron chi connectivity index (χ1n) is 8.49. The first-order valence-corrected chi connectivity index (χ1v) is 8.49. The number of rotatable bonds is 4. The average molecular weight is 340 g/mol. The van der Waals surface area contributed by atoms with Crippen molar-refractivity contribution in [1.29, 1.82) is 0 Å². The summed E-state index contributed by atoms with van der Waals surface area (Å²) in [4.78, 5) is 12.5. The second-order valence-electron chi connectivity index (χ2n) is 7.00. The fourth-order valence-corrected chi connectivity index (χ4v) is 5.02. The van der Waals surface area contributed by atoms with Gasteiger partial charge in [-0.2, -0.15) is 13.2 Å². The van der Waals surface area contributed by atoms with E-state index >= 15 is 0 Å². The molecule has 2 aliphatic rings. The Morgan fingerprint density at radius 1 is 1.21 bits per heavy atom. The minimum Gasteiger partial charge on any atom is -0.369 e. The van der Waals surface area contributed by atoms with Crippen molar-refractivity contribution in [3.05, 3.63) is 35.4 Å². The number of halogens is 3. The zero-order chi connectivity index (χ0) is 17.5. The molecule has 1 saturated carbocycles. The minimum absolute atomic E-state index is 0.0463. The van der Waals surface area contributed by atoms with Gasteiger partial charge in [0.05, 0.1) is 11.0 Å². The zero-order valence-electron chi connectivity index (χ0n) is 13.7. The highest BCUT2D eigenvalue weighted by atomic mass is 19.4. The summed E-state index contributed by atoms with van der Waals surface area (Å²) < 4.78 is 40.7. The van der Waals surface area contributed by atoms with E-state index in [4.69, 9.17) is 5.73 Å². The quantitative estimate of drug-likeness (QED) is 0.885. The number of carbonyl (C=O) groups is 1. The number of carbonyl (C=O) groups excluding carboxylic acids is 1. The summed E-state index contributed by atoms with van der Waals surface area (Å²) in [7, 11) is 0. The van der Waals surface area contributed by atoms with Gasteiger partial charge in [0.2, 0.25) is 5.91 Å². The minimum atomic E-state index is -4.50. The molecule has 1 saturated heterocycles. The summed E-state index contributed by atoms with van der Waals surface area (Å²) in [5.74, 6) is -0.153. The van der Waals surface area contributed by atoms with Gasteiger partial charge < -0.3 is 11.1 Å². The van der Waals surface area contributed by atoms with Crippen LogP contribution in [0.5, 0.6) is 0 Å². The van der Waals surface area contributed by atoms with Gasteiger partial charge in [-0.05, 0) is 61.7 Å². The van der Waals surface area contributed by atoms with Gasteiger partial charge in [0.15, 0.2) is 0 Å². The Morgan fingerprint density at radius 2 is 1.88 bits per heavy atom. The molecule has 132 valence electrons.